The Morgan fingerprint density at radius 2 is 1.19 bits per heavy atom. The van der Waals surface area contributed by atoms with E-state index in [9.17, 15) is 38.7 Å². The Balaban J connectivity index is 1.30. The molecule has 53 heavy (non-hydrogen) atoms. The number of ether oxygens (including phenoxy) is 6. The number of aliphatic hydroxyl groups excluding tert-OH is 1. The first kappa shape index (κ1) is 43.2. The summed E-state index contributed by atoms with van der Waals surface area (Å²) in [5.74, 6) is -3.27. The minimum absolute atomic E-state index is 0.0250. The lowest BCUT2D eigenvalue weighted by Gasteiger charge is -2.33. The van der Waals surface area contributed by atoms with E-state index in [0.717, 1.165) is 25.7 Å². The van der Waals surface area contributed by atoms with Crippen LogP contribution in [0, 0.1) is 29.1 Å². The van der Waals surface area contributed by atoms with Crippen molar-refractivity contribution in [1.29, 1.82) is 0 Å². The Morgan fingerprint density at radius 1 is 0.679 bits per heavy atom. The first-order valence-corrected chi connectivity index (χ1v) is 18.3. The topological polar surface area (TPSA) is 195 Å². The summed E-state index contributed by atoms with van der Waals surface area (Å²) in [4.78, 5) is 83.1. The van der Waals surface area contributed by atoms with E-state index < -0.39 is 35.6 Å². The van der Waals surface area contributed by atoms with E-state index in [2.05, 4.69) is 0 Å². The largest absolute Gasteiger partial charge is 0.465 e. The lowest BCUT2D eigenvalue weighted by atomic mass is 9.81. The smallest absolute Gasteiger partial charge is 0.338 e. The summed E-state index contributed by atoms with van der Waals surface area (Å²) in [6, 6.07) is 5.78. The van der Waals surface area contributed by atoms with Gasteiger partial charge in [-0.1, -0.05) is 19.9 Å². The number of carbonyl (C=O) groups excluding carboxylic acids is 7. The monoisotopic (exact) mass is 746 g/mol. The fraction of sp³-hybridized carbons (Fsp3) is 0.667. The number of aliphatic hydroxyl groups is 1. The highest BCUT2D eigenvalue weighted by atomic mass is 16.6. The SMILES string of the molecule is CC(=O)CC(=O)OCCOC(=O)c1cccc(C(=O)OCC(C)(C)COC(=O)C2CCC(C(O)OCC3CCC(COC(=O)CC(C)=O)CC3)CC2)c1. The molecule has 1 aromatic carbocycles. The van der Waals surface area contributed by atoms with Gasteiger partial charge in [0.05, 0.1) is 43.5 Å². The maximum Gasteiger partial charge on any atom is 0.338 e. The summed E-state index contributed by atoms with van der Waals surface area (Å²) in [6.45, 7) is 6.53. The van der Waals surface area contributed by atoms with Gasteiger partial charge in [-0.15, -0.1) is 0 Å². The third-order valence-corrected chi connectivity index (χ3v) is 9.36. The molecule has 0 aliphatic heterocycles. The molecule has 2 saturated carbocycles. The second-order valence-corrected chi connectivity index (χ2v) is 14.9. The maximum absolute atomic E-state index is 12.9. The fourth-order valence-electron chi connectivity index (χ4n) is 6.21. The van der Waals surface area contributed by atoms with Crippen molar-refractivity contribution in [1.82, 2.24) is 0 Å². The number of hydrogen-bond donors (Lipinski definition) is 1. The van der Waals surface area contributed by atoms with Crippen molar-refractivity contribution in [2.45, 2.75) is 98.2 Å². The van der Waals surface area contributed by atoms with Gasteiger partial charge in [0, 0.05) is 11.3 Å². The lowest BCUT2D eigenvalue weighted by Crippen LogP contribution is -2.34. The highest BCUT2D eigenvalue weighted by Crippen LogP contribution is 2.34. The van der Waals surface area contributed by atoms with E-state index in [1.54, 1.807) is 13.8 Å². The first-order chi connectivity index (χ1) is 25.1. The van der Waals surface area contributed by atoms with Gasteiger partial charge in [-0.2, -0.15) is 0 Å². The Hall–Kier alpha value is -4.17. The van der Waals surface area contributed by atoms with Crippen LogP contribution in [0.1, 0.15) is 113 Å². The summed E-state index contributed by atoms with van der Waals surface area (Å²) in [6.07, 6.45) is 4.53. The van der Waals surface area contributed by atoms with Crippen LogP contribution in [0.3, 0.4) is 0 Å². The average Bonchev–Trinajstić information content (AvgIpc) is 3.12. The molecule has 0 amide bonds. The molecule has 14 heteroatoms. The van der Waals surface area contributed by atoms with Crippen LogP contribution in [-0.2, 0) is 52.4 Å². The van der Waals surface area contributed by atoms with Crippen molar-refractivity contribution in [3.63, 3.8) is 0 Å². The van der Waals surface area contributed by atoms with Gasteiger partial charge < -0.3 is 33.5 Å². The van der Waals surface area contributed by atoms with Crippen molar-refractivity contribution in [3.8, 4) is 0 Å². The van der Waals surface area contributed by atoms with E-state index in [-0.39, 0.29) is 85.7 Å². The van der Waals surface area contributed by atoms with Gasteiger partial charge in [-0.3, -0.25) is 24.0 Å². The highest BCUT2D eigenvalue weighted by molar-refractivity contribution is 5.96. The molecule has 0 aromatic heterocycles. The van der Waals surface area contributed by atoms with Crippen LogP contribution in [0.2, 0.25) is 0 Å². The molecule has 1 aromatic rings. The van der Waals surface area contributed by atoms with Crippen LogP contribution < -0.4 is 0 Å². The summed E-state index contributed by atoms with van der Waals surface area (Å²) in [7, 11) is 0. The highest BCUT2D eigenvalue weighted by Gasteiger charge is 2.33. The zero-order chi connectivity index (χ0) is 39.0. The number of Topliss-reactive ketones (excluding diaryl/α,β-unsaturated/α-hetero) is 2. The molecular weight excluding hydrogens is 692 g/mol. The Kier molecular flexibility index (Phi) is 17.5. The van der Waals surface area contributed by atoms with Gasteiger partial charge in [0.25, 0.3) is 0 Å². The van der Waals surface area contributed by atoms with Gasteiger partial charge in [-0.25, -0.2) is 9.59 Å². The van der Waals surface area contributed by atoms with Crippen LogP contribution in [0.4, 0.5) is 0 Å². The predicted molar refractivity (Wildman–Crippen MR) is 187 cm³/mol. The number of rotatable bonds is 20. The zero-order valence-corrected chi connectivity index (χ0v) is 31.3. The Morgan fingerprint density at radius 3 is 1.77 bits per heavy atom. The van der Waals surface area contributed by atoms with Gasteiger partial charge in [0.1, 0.15) is 37.6 Å². The molecule has 0 heterocycles. The van der Waals surface area contributed by atoms with E-state index in [0.29, 0.717) is 44.8 Å². The van der Waals surface area contributed by atoms with Crippen LogP contribution in [0.15, 0.2) is 24.3 Å². The lowest BCUT2D eigenvalue weighted by molar-refractivity contribution is -0.164. The van der Waals surface area contributed by atoms with Crippen molar-refractivity contribution in [2.24, 2.45) is 29.1 Å². The van der Waals surface area contributed by atoms with Crippen LogP contribution in [-0.4, -0.2) is 92.5 Å². The third kappa shape index (κ3) is 16.2. The van der Waals surface area contributed by atoms with Crippen LogP contribution in [0.25, 0.3) is 0 Å². The van der Waals surface area contributed by atoms with Gasteiger partial charge in [0.15, 0.2) is 6.29 Å². The molecule has 0 saturated heterocycles. The van der Waals surface area contributed by atoms with Crippen molar-refractivity contribution in [3.05, 3.63) is 35.4 Å². The normalized spacial score (nSPS) is 20.7. The second-order valence-electron chi connectivity index (χ2n) is 14.9. The van der Waals surface area contributed by atoms with Crippen LogP contribution >= 0.6 is 0 Å². The predicted octanol–water partition coefficient (Wildman–Crippen LogP) is 4.56. The third-order valence-electron chi connectivity index (χ3n) is 9.36. The van der Waals surface area contributed by atoms with E-state index in [1.807, 2.05) is 0 Å². The molecular formula is C39H54O14. The minimum atomic E-state index is -0.909. The summed E-state index contributed by atoms with van der Waals surface area (Å²) >= 11 is 0. The molecule has 1 N–H and O–H groups in total. The molecule has 2 aliphatic carbocycles. The Labute approximate surface area is 310 Å². The van der Waals surface area contributed by atoms with Gasteiger partial charge in [0.2, 0.25) is 0 Å². The molecule has 0 radical (unpaired) electrons. The quantitative estimate of drug-likeness (QED) is 0.0641. The van der Waals surface area contributed by atoms with Crippen molar-refractivity contribution in [2.75, 3.05) is 39.6 Å². The molecule has 1 atom stereocenters. The summed E-state index contributed by atoms with van der Waals surface area (Å²) in [5, 5.41) is 10.7. The molecule has 0 spiro atoms. The molecule has 294 valence electrons. The van der Waals surface area contributed by atoms with Gasteiger partial charge in [-0.05, 0) is 95.2 Å². The van der Waals surface area contributed by atoms with E-state index >= 15 is 0 Å². The maximum atomic E-state index is 12.9. The molecule has 14 nitrogen and oxygen atoms in total. The van der Waals surface area contributed by atoms with E-state index in [4.69, 9.17) is 28.4 Å². The average molecular weight is 747 g/mol. The molecule has 0 bridgehead atoms. The Bertz CT molecular complexity index is 1420. The molecule has 2 fully saturated rings. The fourth-order valence-corrected chi connectivity index (χ4v) is 6.21. The van der Waals surface area contributed by atoms with Crippen molar-refractivity contribution < 1.29 is 67.1 Å². The molecule has 3 rings (SSSR count). The summed E-state index contributed by atoms with van der Waals surface area (Å²) in [5.41, 5.74) is -0.472. The minimum Gasteiger partial charge on any atom is -0.465 e. The number of esters is 5. The molecule has 2 aliphatic rings. The number of hydrogen-bond acceptors (Lipinski definition) is 14. The van der Waals surface area contributed by atoms with Gasteiger partial charge >= 0.3 is 29.8 Å². The molecule has 1 unspecified atom stereocenters. The number of carbonyl (C=O) groups is 7. The van der Waals surface area contributed by atoms with Crippen LogP contribution in [0.5, 0.6) is 0 Å². The standard InChI is InChI=1S/C39H54O14/c1-25(40)18-33(42)48-16-17-49-37(46)31-6-5-7-32(20-31)38(47)53-24-39(3,4)23-52-36(45)30-14-12-29(13-15-30)35(44)51-22-28-10-8-27(9-11-28)21-50-34(43)19-26(2)41/h5-7,20,27-30,35,44H,8-19,21-24H2,1-4H3. The number of benzene rings is 1. The zero-order valence-electron chi connectivity index (χ0n) is 31.3. The van der Waals surface area contributed by atoms with Crippen molar-refractivity contribution >= 4 is 41.4 Å². The van der Waals surface area contributed by atoms with E-state index in [1.165, 1.54) is 38.1 Å². The number of ketones is 2. The first-order valence-electron chi connectivity index (χ1n) is 18.3. The summed E-state index contributed by atoms with van der Waals surface area (Å²) < 4.78 is 32.0. The second kappa shape index (κ2) is 21.5.